The molecule has 9 N–H and O–H groups in total. The van der Waals surface area contributed by atoms with Crippen molar-refractivity contribution in [1.29, 1.82) is 0 Å². The van der Waals surface area contributed by atoms with Crippen LogP contribution in [0.1, 0.15) is 42.7 Å². The summed E-state index contributed by atoms with van der Waals surface area (Å²) in [5.74, 6) is 15.8. The highest BCUT2D eigenvalue weighted by Gasteiger charge is 2.46. The normalized spacial score (nSPS) is 23.8. The number of aromatic nitrogens is 1. The zero-order valence-electron chi connectivity index (χ0n) is 26.6. The van der Waals surface area contributed by atoms with Gasteiger partial charge in [0.2, 0.25) is 11.8 Å². The Morgan fingerprint density at radius 3 is 2.65 bits per heavy atom. The number of nitrogens with zero attached hydrogens (tertiary/aromatic N) is 9. The number of fused-ring (bicyclic) bond motifs is 1. The first-order valence-corrected chi connectivity index (χ1v) is 16.2. The van der Waals surface area contributed by atoms with Gasteiger partial charge in [-0.25, -0.2) is 10.0 Å². The third-order valence-corrected chi connectivity index (χ3v) is 9.49. The number of hydrogen-bond donors (Lipinski definition) is 6. The number of halogens is 1. The number of amides is 3. The van der Waals surface area contributed by atoms with E-state index in [0.717, 1.165) is 16.8 Å². The number of hydrogen-bond acceptors (Lipinski definition) is 13. The van der Waals surface area contributed by atoms with Gasteiger partial charge < -0.3 is 32.1 Å². The van der Waals surface area contributed by atoms with Crippen LogP contribution in [0.2, 0.25) is 0 Å². The molecule has 1 aromatic carbocycles. The molecule has 2 saturated heterocycles. The molecule has 49 heavy (non-hydrogen) atoms. The average molecular weight is 692 g/mol. The quantitative estimate of drug-likeness (QED) is 0.0869. The summed E-state index contributed by atoms with van der Waals surface area (Å²) >= 11 is 6.13. The molecule has 6 rings (SSSR count). The van der Waals surface area contributed by atoms with Gasteiger partial charge in [-0.15, -0.1) is 10.2 Å². The maximum Gasteiger partial charge on any atom is 0.272 e. The van der Waals surface area contributed by atoms with Gasteiger partial charge >= 0.3 is 0 Å². The van der Waals surface area contributed by atoms with Crippen LogP contribution in [0.3, 0.4) is 0 Å². The molecule has 3 atom stereocenters. The zero-order valence-corrected chi connectivity index (χ0v) is 27.3. The number of rotatable bonds is 10. The SMILES string of the molecule is NN=NC1=C(Cl)N=C(C(=O)NC2NC3(CCN(C(=O)CCCN4C(=O)C(Cc5cccnc5)c5ccccc54)CC3)CN2N)C(N=NN)N1. The third-order valence-electron chi connectivity index (χ3n) is 9.22. The molecule has 3 unspecified atom stereocenters. The fourth-order valence-corrected chi connectivity index (χ4v) is 6.97. The highest BCUT2D eigenvalue weighted by Crippen LogP contribution is 2.39. The second kappa shape index (κ2) is 14.6. The molecular formula is C30H38ClN15O3. The molecule has 3 amide bonds. The lowest BCUT2D eigenvalue weighted by Gasteiger charge is -2.39. The number of benzene rings is 1. The van der Waals surface area contributed by atoms with E-state index in [1.165, 1.54) is 5.01 Å². The van der Waals surface area contributed by atoms with Crippen molar-refractivity contribution < 1.29 is 14.4 Å². The molecule has 2 fully saturated rings. The van der Waals surface area contributed by atoms with E-state index in [2.05, 4.69) is 46.6 Å². The highest BCUT2D eigenvalue weighted by atomic mass is 35.5. The van der Waals surface area contributed by atoms with E-state index in [9.17, 15) is 14.4 Å². The fraction of sp³-hybridized carbons (Fsp3) is 0.433. The number of carbonyl (C=O) groups excluding carboxylic acids is 3. The number of anilines is 1. The minimum atomic E-state index is -1.09. The highest BCUT2D eigenvalue weighted by molar-refractivity contribution is 6.43. The van der Waals surface area contributed by atoms with Crippen molar-refractivity contribution in [1.82, 2.24) is 30.8 Å². The van der Waals surface area contributed by atoms with Crippen molar-refractivity contribution in [3.63, 3.8) is 0 Å². The molecule has 4 aliphatic heterocycles. The van der Waals surface area contributed by atoms with Crippen molar-refractivity contribution in [2.75, 3.05) is 31.1 Å². The van der Waals surface area contributed by atoms with Gasteiger partial charge in [0, 0.05) is 56.2 Å². The Labute approximate surface area is 286 Å². The van der Waals surface area contributed by atoms with Crippen LogP contribution >= 0.6 is 11.6 Å². The summed E-state index contributed by atoms with van der Waals surface area (Å²) in [6.45, 7) is 1.94. The summed E-state index contributed by atoms with van der Waals surface area (Å²) in [4.78, 5) is 51.9. The van der Waals surface area contributed by atoms with Crippen LogP contribution in [0.4, 0.5) is 5.69 Å². The number of aliphatic imine (C=N–C) groups is 1. The standard InChI is InChI=1S/C30H38ClN15O3/c31-24-26(41-43-33)37-25(40-42-32)23(36-24)27(48)38-29-39-30(17-46(29)34)9-13-44(14-10-30)22(47)8-4-12-45-21-7-2-1-6-19(21)20(28(45)49)15-18-5-3-11-35-16-18/h1-3,5-7,11,16,20,25,29,37,39H,4,8-10,12-15,17,34H2,(H2,32,40)(H2,33,41)(H,38,48). The van der Waals surface area contributed by atoms with Crippen molar-refractivity contribution in [3.05, 3.63) is 70.9 Å². The molecule has 0 radical (unpaired) electrons. The summed E-state index contributed by atoms with van der Waals surface area (Å²) in [6, 6.07) is 11.7. The van der Waals surface area contributed by atoms with E-state index >= 15 is 0 Å². The Morgan fingerprint density at radius 1 is 1.12 bits per heavy atom. The number of nitrogens with two attached hydrogens (primary N) is 3. The van der Waals surface area contributed by atoms with Crippen molar-refractivity contribution in [2.45, 2.75) is 56.0 Å². The van der Waals surface area contributed by atoms with E-state index < -0.39 is 23.9 Å². The van der Waals surface area contributed by atoms with Crippen LogP contribution in [0.25, 0.3) is 0 Å². The van der Waals surface area contributed by atoms with E-state index in [-0.39, 0.29) is 34.4 Å². The lowest BCUT2D eigenvalue weighted by molar-refractivity contribution is -0.133. The van der Waals surface area contributed by atoms with Gasteiger partial charge in [-0.2, -0.15) is 0 Å². The number of carbonyl (C=O) groups is 3. The largest absolute Gasteiger partial charge is 0.343 e. The van der Waals surface area contributed by atoms with Crippen molar-refractivity contribution in [3.8, 4) is 0 Å². The van der Waals surface area contributed by atoms with Crippen LogP contribution in [0, 0.1) is 0 Å². The molecule has 4 aliphatic rings. The molecule has 18 nitrogen and oxygen atoms in total. The molecule has 0 aliphatic carbocycles. The van der Waals surface area contributed by atoms with E-state index in [1.807, 2.05) is 46.2 Å². The molecule has 1 aromatic heterocycles. The van der Waals surface area contributed by atoms with E-state index in [1.54, 1.807) is 12.4 Å². The minimum absolute atomic E-state index is 0.00174. The molecule has 2 aromatic rings. The zero-order chi connectivity index (χ0) is 34.5. The fourth-order valence-electron chi connectivity index (χ4n) is 6.79. The van der Waals surface area contributed by atoms with Gasteiger partial charge in [-0.05, 0) is 48.9 Å². The summed E-state index contributed by atoms with van der Waals surface area (Å²) in [5, 5.41) is 24.1. The molecule has 0 bridgehead atoms. The molecule has 258 valence electrons. The Morgan fingerprint density at radius 2 is 1.92 bits per heavy atom. The van der Waals surface area contributed by atoms with Crippen LogP contribution in [0.5, 0.6) is 0 Å². The molecule has 0 saturated carbocycles. The summed E-state index contributed by atoms with van der Waals surface area (Å²) < 4.78 is 0. The summed E-state index contributed by atoms with van der Waals surface area (Å²) in [5.41, 5.74) is 2.38. The van der Waals surface area contributed by atoms with Crippen molar-refractivity contribution in [2.24, 2.45) is 43.2 Å². The topological polar surface area (TPSA) is 250 Å². The van der Waals surface area contributed by atoms with Gasteiger partial charge in [0.05, 0.1) is 5.92 Å². The Kier molecular flexibility index (Phi) is 10.1. The first kappa shape index (κ1) is 33.8. The summed E-state index contributed by atoms with van der Waals surface area (Å²) in [7, 11) is 0. The number of likely N-dealkylation sites (tertiary alicyclic amines) is 1. The average Bonchev–Trinajstić information content (AvgIpc) is 3.54. The molecule has 19 heteroatoms. The Balaban J connectivity index is 0.999. The maximum atomic E-state index is 13.5. The first-order chi connectivity index (χ1) is 23.7. The first-order valence-electron chi connectivity index (χ1n) is 15.8. The van der Waals surface area contributed by atoms with Crippen molar-refractivity contribution >= 4 is 40.7 Å². The van der Waals surface area contributed by atoms with Crippen LogP contribution in [-0.4, -0.2) is 82.5 Å². The third kappa shape index (κ3) is 7.21. The Bertz CT molecular complexity index is 1690. The summed E-state index contributed by atoms with van der Waals surface area (Å²) in [6.07, 6.45) is 4.39. The lowest BCUT2D eigenvalue weighted by Crippen LogP contribution is -2.59. The Hall–Kier alpha value is -5.04. The van der Waals surface area contributed by atoms with Gasteiger partial charge in [0.1, 0.15) is 6.29 Å². The lowest BCUT2D eigenvalue weighted by atomic mass is 9.88. The monoisotopic (exact) mass is 691 g/mol. The number of pyridine rings is 1. The molecule has 1 spiro atoms. The minimum Gasteiger partial charge on any atom is -0.343 e. The van der Waals surface area contributed by atoms with E-state index in [4.69, 9.17) is 29.1 Å². The van der Waals surface area contributed by atoms with Crippen LogP contribution < -0.4 is 38.4 Å². The second-order valence-corrected chi connectivity index (χ2v) is 12.6. The van der Waals surface area contributed by atoms with Crippen LogP contribution in [0.15, 0.2) is 85.4 Å². The van der Waals surface area contributed by atoms with Gasteiger partial charge in [-0.3, -0.25) is 30.5 Å². The molecule has 5 heterocycles. The van der Waals surface area contributed by atoms with Gasteiger partial charge in [0.25, 0.3) is 5.91 Å². The number of piperidine rings is 1. The number of nitrogens with one attached hydrogen (secondary N) is 3. The van der Waals surface area contributed by atoms with Gasteiger partial charge in [-0.1, -0.05) is 46.3 Å². The smallest absolute Gasteiger partial charge is 0.272 e. The second-order valence-electron chi connectivity index (χ2n) is 12.3. The van der Waals surface area contributed by atoms with Gasteiger partial charge in [0.15, 0.2) is 22.9 Å². The van der Waals surface area contributed by atoms with Crippen LogP contribution in [-0.2, 0) is 20.8 Å². The predicted octanol–water partition coefficient (Wildman–Crippen LogP) is 0.462. The van der Waals surface area contributed by atoms with E-state index in [0.29, 0.717) is 58.3 Å². The molecular weight excluding hydrogens is 654 g/mol. The predicted molar refractivity (Wildman–Crippen MR) is 179 cm³/mol. The maximum absolute atomic E-state index is 13.5. The number of para-hydroxylation sites is 1. The number of hydrazine groups is 1.